The Kier molecular flexibility index (Phi) is 3.13. The van der Waals surface area contributed by atoms with Crippen LogP contribution < -0.4 is 0 Å². The van der Waals surface area contributed by atoms with E-state index >= 15 is 0 Å². The predicted octanol–water partition coefficient (Wildman–Crippen LogP) is 0.912. The van der Waals surface area contributed by atoms with Gasteiger partial charge in [0.05, 0.1) is 37.5 Å². The molecular formula is C21H26N4O4. The zero-order valence-corrected chi connectivity index (χ0v) is 16.4. The molecule has 2 amide bonds. The number of aromatic nitrogens is 2. The molecule has 4 saturated heterocycles. The summed E-state index contributed by atoms with van der Waals surface area (Å²) in [6.45, 7) is 4.40. The fraction of sp³-hybridized carbons (Fsp3) is 0.762. The fourth-order valence-electron chi connectivity index (χ4n) is 6.58. The number of carbonyl (C=O) groups excluding carboxylic acids is 2. The van der Waals surface area contributed by atoms with E-state index in [2.05, 4.69) is 10.2 Å². The first-order valence-corrected chi connectivity index (χ1v) is 11.0. The Morgan fingerprint density at radius 2 is 1.55 bits per heavy atom. The van der Waals surface area contributed by atoms with Gasteiger partial charge in [0, 0.05) is 19.2 Å². The average molecular weight is 398 g/mol. The zero-order chi connectivity index (χ0) is 19.4. The molecule has 6 unspecified atom stereocenters. The maximum Gasteiger partial charge on any atom is 0.274 e. The van der Waals surface area contributed by atoms with Gasteiger partial charge in [0.25, 0.3) is 11.8 Å². The molecule has 2 spiro atoms. The Balaban J connectivity index is 1.04. The van der Waals surface area contributed by atoms with Crippen molar-refractivity contribution in [3.8, 4) is 0 Å². The van der Waals surface area contributed by atoms with Gasteiger partial charge in [-0.2, -0.15) is 5.10 Å². The topological polar surface area (TPSA) is 87.8 Å². The second-order valence-corrected chi connectivity index (χ2v) is 10.1. The van der Waals surface area contributed by atoms with E-state index in [1.54, 1.807) is 6.07 Å². The van der Waals surface area contributed by atoms with Crippen LogP contribution in [0.4, 0.5) is 0 Å². The van der Waals surface area contributed by atoms with Crippen LogP contribution in [0.25, 0.3) is 0 Å². The zero-order valence-electron chi connectivity index (χ0n) is 16.4. The van der Waals surface area contributed by atoms with Crippen LogP contribution in [-0.2, 0) is 9.47 Å². The molecule has 0 aromatic carbocycles. The summed E-state index contributed by atoms with van der Waals surface area (Å²) in [5, 5.41) is 6.98. The van der Waals surface area contributed by atoms with Gasteiger partial charge in [-0.3, -0.25) is 14.7 Å². The number of carbonyl (C=O) groups is 2. The molecule has 8 heteroatoms. The molecule has 4 aliphatic heterocycles. The van der Waals surface area contributed by atoms with Crippen LogP contribution in [0.1, 0.15) is 46.7 Å². The number of nitrogens with zero attached hydrogens (tertiary/aromatic N) is 3. The molecule has 0 radical (unpaired) electrons. The van der Waals surface area contributed by atoms with Crippen molar-refractivity contribution in [2.24, 2.45) is 23.7 Å². The van der Waals surface area contributed by atoms with Crippen LogP contribution in [0.5, 0.6) is 0 Å². The smallest absolute Gasteiger partial charge is 0.274 e. The van der Waals surface area contributed by atoms with Gasteiger partial charge in [-0.1, -0.05) is 0 Å². The van der Waals surface area contributed by atoms with Gasteiger partial charge in [-0.15, -0.1) is 0 Å². The van der Waals surface area contributed by atoms with Crippen molar-refractivity contribution in [3.05, 3.63) is 17.5 Å². The van der Waals surface area contributed by atoms with Crippen molar-refractivity contribution < 1.29 is 19.1 Å². The third-order valence-corrected chi connectivity index (χ3v) is 8.50. The molecule has 1 aromatic rings. The van der Waals surface area contributed by atoms with Crippen LogP contribution in [0, 0.1) is 23.7 Å². The molecule has 6 atom stereocenters. The normalized spacial score (nSPS) is 44.0. The Bertz CT molecular complexity index is 846. The number of rotatable bonds is 2. The molecule has 7 rings (SSSR count). The van der Waals surface area contributed by atoms with Gasteiger partial charge in [-0.25, -0.2) is 0 Å². The number of H-pyrrole nitrogens is 1. The van der Waals surface area contributed by atoms with Crippen molar-refractivity contribution in [1.82, 2.24) is 20.0 Å². The second kappa shape index (κ2) is 5.40. The van der Waals surface area contributed by atoms with Crippen molar-refractivity contribution in [2.45, 2.75) is 36.9 Å². The molecular weight excluding hydrogens is 372 g/mol. The van der Waals surface area contributed by atoms with Crippen molar-refractivity contribution in [2.75, 3.05) is 39.4 Å². The molecule has 2 aliphatic carbocycles. The summed E-state index contributed by atoms with van der Waals surface area (Å²) in [5.41, 5.74) is 0.472. The van der Waals surface area contributed by atoms with E-state index in [9.17, 15) is 9.59 Å². The summed E-state index contributed by atoms with van der Waals surface area (Å²) in [5.74, 6) is 2.48. The van der Waals surface area contributed by atoms with E-state index in [0.29, 0.717) is 61.2 Å². The summed E-state index contributed by atoms with van der Waals surface area (Å²) in [6.07, 6.45) is 4.31. The highest BCUT2D eigenvalue weighted by Gasteiger charge is 2.63. The Labute approximate surface area is 168 Å². The van der Waals surface area contributed by atoms with Crippen LogP contribution in [-0.4, -0.2) is 82.4 Å². The van der Waals surface area contributed by atoms with Gasteiger partial charge in [0.1, 0.15) is 5.69 Å². The van der Waals surface area contributed by atoms with E-state index in [4.69, 9.17) is 9.47 Å². The van der Waals surface area contributed by atoms with E-state index < -0.39 is 0 Å². The number of hydrogen-bond donors (Lipinski definition) is 1. The van der Waals surface area contributed by atoms with E-state index in [1.165, 1.54) is 12.8 Å². The average Bonchev–Trinajstić information content (AvgIpc) is 3.35. The fourth-order valence-corrected chi connectivity index (χ4v) is 6.58. The maximum absolute atomic E-state index is 13.0. The number of likely N-dealkylation sites (tertiary alicyclic amines) is 2. The van der Waals surface area contributed by atoms with Gasteiger partial charge in [-0.05, 0) is 49.4 Å². The molecule has 1 aromatic heterocycles. The Hall–Kier alpha value is -1.93. The molecule has 154 valence electrons. The first-order valence-electron chi connectivity index (χ1n) is 11.0. The largest absolute Gasteiger partial charge is 0.372 e. The number of aromatic amines is 1. The van der Waals surface area contributed by atoms with Crippen LogP contribution in [0.15, 0.2) is 6.07 Å². The van der Waals surface area contributed by atoms with Crippen molar-refractivity contribution in [3.63, 3.8) is 0 Å². The Morgan fingerprint density at radius 1 is 0.966 bits per heavy atom. The molecule has 5 heterocycles. The van der Waals surface area contributed by atoms with Crippen molar-refractivity contribution in [1.29, 1.82) is 0 Å². The third kappa shape index (κ3) is 2.30. The summed E-state index contributed by atoms with van der Waals surface area (Å²) in [4.78, 5) is 29.6. The molecule has 2 saturated carbocycles. The number of fused-ring (bicyclic) bond motifs is 4. The van der Waals surface area contributed by atoms with E-state index in [0.717, 1.165) is 26.1 Å². The quantitative estimate of drug-likeness (QED) is 0.800. The molecule has 6 aliphatic rings. The molecule has 29 heavy (non-hydrogen) atoms. The lowest BCUT2D eigenvalue weighted by atomic mass is 9.97. The Morgan fingerprint density at radius 3 is 2.07 bits per heavy atom. The van der Waals surface area contributed by atoms with Gasteiger partial charge in [0.15, 0.2) is 5.69 Å². The highest BCUT2D eigenvalue weighted by Crippen LogP contribution is 2.58. The maximum atomic E-state index is 13.0. The monoisotopic (exact) mass is 398 g/mol. The molecule has 0 bridgehead atoms. The number of amides is 2. The first kappa shape index (κ1) is 16.8. The van der Waals surface area contributed by atoms with E-state index in [-0.39, 0.29) is 23.0 Å². The van der Waals surface area contributed by atoms with Crippen molar-refractivity contribution >= 4 is 11.8 Å². The van der Waals surface area contributed by atoms with E-state index in [1.807, 2.05) is 9.80 Å². The standard InChI is InChI=1S/C21H26N4O4/c26-18(24-3-1-20(10-24)14-5-12(14)8-28-20)16-7-17(23-22-16)19(27)25-4-2-21(11-25)15-6-13(15)9-29-21/h7,12-15H,1-6,8-11H2,(H,22,23). The van der Waals surface area contributed by atoms with Gasteiger partial charge >= 0.3 is 0 Å². The van der Waals surface area contributed by atoms with Crippen LogP contribution >= 0.6 is 0 Å². The van der Waals surface area contributed by atoms with Gasteiger partial charge < -0.3 is 19.3 Å². The lowest BCUT2D eigenvalue weighted by molar-refractivity contribution is -0.0150. The lowest BCUT2D eigenvalue weighted by Gasteiger charge is -2.25. The van der Waals surface area contributed by atoms with Gasteiger partial charge in [0.2, 0.25) is 0 Å². The second-order valence-electron chi connectivity index (χ2n) is 10.1. The molecule has 8 nitrogen and oxygen atoms in total. The summed E-state index contributed by atoms with van der Waals surface area (Å²) in [6, 6.07) is 1.62. The number of ether oxygens (including phenoxy) is 2. The van der Waals surface area contributed by atoms with Crippen LogP contribution in [0.3, 0.4) is 0 Å². The lowest BCUT2D eigenvalue weighted by Crippen LogP contribution is -2.38. The summed E-state index contributed by atoms with van der Waals surface area (Å²) >= 11 is 0. The van der Waals surface area contributed by atoms with Crippen LogP contribution in [0.2, 0.25) is 0 Å². The number of nitrogens with one attached hydrogen (secondary N) is 1. The minimum absolute atomic E-state index is 0.0843. The molecule has 1 N–H and O–H groups in total. The summed E-state index contributed by atoms with van der Waals surface area (Å²) < 4.78 is 12.1. The summed E-state index contributed by atoms with van der Waals surface area (Å²) in [7, 11) is 0. The molecule has 6 fully saturated rings. The minimum Gasteiger partial charge on any atom is -0.372 e. The predicted molar refractivity (Wildman–Crippen MR) is 100 cm³/mol. The highest BCUT2D eigenvalue weighted by atomic mass is 16.5. The highest BCUT2D eigenvalue weighted by molar-refractivity contribution is 5.98. The third-order valence-electron chi connectivity index (χ3n) is 8.50. The SMILES string of the molecule is O=C(c1cc(C(=O)N2CCC3(C2)OCC2CC23)[nH]n1)N1CCC2(C1)OCC1CC12. The first-order chi connectivity index (χ1) is 14.1. The minimum atomic E-state index is -0.124. The number of hydrogen-bond acceptors (Lipinski definition) is 5.